The quantitative estimate of drug-likeness (QED) is 0.806. The summed E-state index contributed by atoms with van der Waals surface area (Å²) in [4.78, 5) is 23.1. The van der Waals surface area contributed by atoms with E-state index in [-0.39, 0.29) is 12.8 Å². The maximum absolute atomic E-state index is 12.9. The summed E-state index contributed by atoms with van der Waals surface area (Å²) in [5, 5.41) is 1.63. The maximum Gasteiger partial charge on any atom is 0.471 e. The molecule has 22 heavy (non-hydrogen) atoms. The highest BCUT2D eigenvalue weighted by Crippen LogP contribution is 2.32. The highest BCUT2D eigenvalue weighted by Gasteiger charge is 2.49. The number of alkyl halides is 6. The van der Waals surface area contributed by atoms with Crippen molar-refractivity contribution >= 4 is 11.8 Å². The summed E-state index contributed by atoms with van der Waals surface area (Å²) < 4.78 is 75.3. The summed E-state index contributed by atoms with van der Waals surface area (Å²) in [5.74, 6) is -3.00. The molecule has 2 amide bonds. The number of hydrogen-bond donors (Lipinski definition) is 1. The van der Waals surface area contributed by atoms with Gasteiger partial charge in [-0.3, -0.25) is 9.59 Å². The molecule has 1 rings (SSSR count). The standard InChI is InChI=1S/C12H16F6N2O2/c1-2-3-9(21)20-6-7(19-10(22)12(16,17)18)4-5-8(20)11(13,14)15/h7-8H,2-6H2,1H3,(H,19,22)/t7-,8+/m0/s1. The van der Waals surface area contributed by atoms with Gasteiger partial charge in [0.1, 0.15) is 6.04 Å². The van der Waals surface area contributed by atoms with Crippen LogP contribution >= 0.6 is 0 Å². The van der Waals surface area contributed by atoms with Gasteiger partial charge in [-0.1, -0.05) is 6.92 Å². The monoisotopic (exact) mass is 334 g/mol. The average Bonchev–Trinajstić information content (AvgIpc) is 2.36. The third kappa shape index (κ3) is 4.77. The van der Waals surface area contributed by atoms with Gasteiger partial charge in [0.25, 0.3) is 0 Å². The van der Waals surface area contributed by atoms with Gasteiger partial charge in [-0.05, 0) is 19.3 Å². The number of piperidine rings is 1. The first-order valence-electron chi connectivity index (χ1n) is 6.70. The lowest BCUT2D eigenvalue weighted by atomic mass is 9.97. The minimum atomic E-state index is -5.11. The van der Waals surface area contributed by atoms with E-state index >= 15 is 0 Å². The minimum absolute atomic E-state index is 0.132. The highest BCUT2D eigenvalue weighted by molar-refractivity contribution is 5.82. The summed E-state index contributed by atoms with van der Waals surface area (Å²) in [6, 6.07) is -3.17. The molecule has 0 radical (unpaired) electrons. The SMILES string of the molecule is CCCC(=O)N1C[C@@H](NC(=O)C(F)(F)F)CC[C@@H]1C(F)(F)F. The fourth-order valence-electron chi connectivity index (χ4n) is 2.33. The van der Waals surface area contributed by atoms with E-state index in [1.54, 1.807) is 12.2 Å². The molecule has 128 valence electrons. The number of carbonyl (C=O) groups excluding carboxylic acids is 2. The number of amides is 2. The van der Waals surface area contributed by atoms with Gasteiger partial charge in [-0.25, -0.2) is 0 Å². The second-order valence-corrected chi connectivity index (χ2v) is 5.10. The molecule has 4 nitrogen and oxygen atoms in total. The number of hydrogen-bond acceptors (Lipinski definition) is 2. The van der Waals surface area contributed by atoms with Crippen molar-refractivity contribution in [3.8, 4) is 0 Å². The molecule has 1 N–H and O–H groups in total. The summed E-state index contributed by atoms with van der Waals surface area (Å²) in [6.07, 6.45) is -10.4. The molecular formula is C12H16F6N2O2. The fourth-order valence-corrected chi connectivity index (χ4v) is 2.33. The smallest absolute Gasteiger partial charge is 0.344 e. The number of nitrogens with zero attached hydrogens (tertiary/aromatic N) is 1. The van der Waals surface area contributed by atoms with Crippen LogP contribution in [-0.4, -0.2) is 47.7 Å². The Morgan fingerprint density at radius 3 is 2.18 bits per heavy atom. The van der Waals surface area contributed by atoms with Crippen molar-refractivity contribution in [1.82, 2.24) is 10.2 Å². The van der Waals surface area contributed by atoms with Crippen molar-refractivity contribution in [2.45, 2.75) is 57.0 Å². The average molecular weight is 334 g/mol. The van der Waals surface area contributed by atoms with E-state index in [1.807, 2.05) is 0 Å². The van der Waals surface area contributed by atoms with Gasteiger partial charge in [-0.15, -0.1) is 0 Å². The zero-order valence-electron chi connectivity index (χ0n) is 11.7. The Labute approximate surface area is 122 Å². The van der Waals surface area contributed by atoms with Crippen LogP contribution in [0.25, 0.3) is 0 Å². The van der Waals surface area contributed by atoms with E-state index < -0.39 is 49.2 Å². The van der Waals surface area contributed by atoms with Crippen molar-refractivity contribution in [3.63, 3.8) is 0 Å². The van der Waals surface area contributed by atoms with Crippen LogP contribution in [0.5, 0.6) is 0 Å². The molecule has 1 aliphatic heterocycles. The van der Waals surface area contributed by atoms with Gasteiger partial charge in [0, 0.05) is 19.0 Å². The van der Waals surface area contributed by atoms with Crippen LogP contribution < -0.4 is 5.32 Å². The molecule has 0 spiro atoms. The Kier molecular flexibility index (Phi) is 5.69. The number of likely N-dealkylation sites (tertiary alicyclic amines) is 1. The van der Waals surface area contributed by atoms with Crippen LogP contribution in [0.4, 0.5) is 26.3 Å². The van der Waals surface area contributed by atoms with E-state index in [4.69, 9.17) is 0 Å². The van der Waals surface area contributed by atoms with Crippen LogP contribution in [0.3, 0.4) is 0 Å². The Bertz CT molecular complexity index is 421. The van der Waals surface area contributed by atoms with Crippen LogP contribution in [0.1, 0.15) is 32.6 Å². The Balaban J connectivity index is 2.82. The van der Waals surface area contributed by atoms with Crippen molar-refractivity contribution in [2.24, 2.45) is 0 Å². The Morgan fingerprint density at radius 1 is 1.14 bits per heavy atom. The zero-order valence-corrected chi connectivity index (χ0v) is 11.7. The van der Waals surface area contributed by atoms with E-state index in [2.05, 4.69) is 0 Å². The third-order valence-electron chi connectivity index (χ3n) is 3.34. The number of rotatable bonds is 3. The van der Waals surface area contributed by atoms with Crippen LogP contribution in [0.2, 0.25) is 0 Å². The number of carbonyl (C=O) groups is 2. The summed E-state index contributed by atoms with van der Waals surface area (Å²) >= 11 is 0. The maximum atomic E-state index is 12.9. The van der Waals surface area contributed by atoms with E-state index in [0.29, 0.717) is 11.3 Å². The Morgan fingerprint density at radius 2 is 1.73 bits per heavy atom. The van der Waals surface area contributed by atoms with E-state index in [1.165, 1.54) is 0 Å². The molecule has 2 atom stereocenters. The zero-order chi connectivity index (χ0) is 17.1. The predicted octanol–water partition coefficient (Wildman–Crippen LogP) is 2.39. The van der Waals surface area contributed by atoms with Crippen LogP contribution in [0, 0.1) is 0 Å². The van der Waals surface area contributed by atoms with Gasteiger partial charge >= 0.3 is 18.3 Å². The minimum Gasteiger partial charge on any atom is -0.344 e. The van der Waals surface area contributed by atoms with Crippen molar-refractivity contribution in [2.75, 3.05) is 6.54 Å². The first-order valence-corrected chi connectivity index (χ1v) is 6.70. The lowest BCUT2D eigenvalue weighted by Gasteiger charge is -2.40. The van der Waals surface area contributed by atoms with Crippen molar-refractivity contribution in [1.29, 1.82) is 0 Å². The van der Waals surface area contributed by atoms with Crippen LogP contribution in [0.15, 0.2) is 0 Å². The lowest BCUT2D eigenvalue weighted by Crippen LogP contribution is -2.59. The van der Waals surface area contributed by atoms with Crippen LogP contribution in [-0.2, 0) is 9.59 Å². The third-order valence-corrected chi connectivity index (χ3v) is 3.34. The summed E-state index contributed by atoms with van der Waals surface area (Å²) in [6.45, 7) is 1.03. The lowest BCUT2D eigenvalue weighted by molar-refractivity contribution is -0.198. The summed E-state index contributed by atoms with van der Waals surface area (Å²) in [7, 11) is 0. The molecule has 10 heteroatoms. The second kappa shape index (κ2) is 6.74. The molecule has 0 aromatic rings. The van der Waals surface area contributed by atoms with Crippen molar-refractivity contribution < 1.29 is 35.9 Å². The largest absolute Gasteiger partial charge is 0.471 e. The molecule has 0 unspecified atom stereocenters. The van der Waals surface area contributed by atoms with E-state index in [9.17, 15) is 35.9 Å². The van der Waals surface area contributed by atoms with Gasteiger partial charge in [0.2, 0.25) is 5.91 Å². The first-order chi connectivity index (χ1) is 9.96. The molecule has 1 aliphatic rings. The van der Waals surface area contributed by atoms with Gasteiger partial charge in [0.15, 0.2) is 0 Å². The number of nitrogens with one attached hydrogen (secondary N) is 1. The second-order valence-electron chi connectivity index (χ2n) is 5.10. The summed E-state index contributed by atoms with van der Waals surface area (Å²) in [5.41, 5.74) is 0. The van der Waals surface area contributed by atoms with Crippen molar-refractivity contribution in [3.05, 3.63) is 0 Å². The molecule has 1 heterocycles. The molecule has 1 fully saturated rings. The molecule has 0 aromatic heterocycles. The molecule has 1 saturated heterocycles. The molecule has 0 aliphatic carbocycles. The van der Waals surface area contributed by atoms with Gasteiger partial charge in [-0.2, -0.15) is 26.3 Å². The van der Waals surface area contributed by atoms with Gasteiger partial charge < -0.3 is 10.2 Å². The molecular weight excluding hydrogens is 318 g/mol. The normalized spacial score (nSPS) is 23.3. The predicted molar refractivity (Wildman–Crippen MR) is 63.7 cm³/mol. The Hall–Kier alpha value is -1.48. The highest BCUT2D eigenvalue weighted by atomic mass is 19.4. The fraction of sp³-hybridized carbons (Fsp3) is 0.833. The molecule has 0 aromatic carbocycles. The van der Waals surface area contributed by atoms with E-state index in [0.717, 1.165) is 0 Å². The molecule has 0 saturated carbocycles. The first kappa shape index (κ1) is 18.6. The molecule has 0 bridgehead atoms. The van der Waals surface area contributed by atoms with Gasteiger partial charge in [0.05, 0.1) is 0 Å². The topological polar surface area (TPSA) is 49.4 Å². The number of halogens is 6.